The quantitative estimate of drug-likeness (QED) is 0.506. The lowest BCUT2D eigenvalue weighted by Crippen LogP contribution is -2.69. The molecule has 0 aromatic heterocycles. The van der Waals surface area contributed by atoms with Crippen molar-refractivity contribution in [1.29, 1.82) is 0 Å². The number of fused-ring (bicyclic) bond motifs is 1. The van der Waals surface area contributed by atoms with E-state index in [-0.39, 0.29) is 18.1 Å². The maximum Gasteiger partial charge on any atom is 0.353 e. The zero-order valence-electron chi connectivity index (χ0n) is 18.7. The van der Waals surface area contributed by atoms with Gasteiger partial charge in [-0.3, -0.25) is 14.4 Å². The summed E-state index contributed by atoms with van der Waals surface area (Å²) in [4.78, 5) is 53.4. The number of ether oxygens (including phenoxy) is 4. The first-order valence-corrected chi connectivity index (χ1v) is 10.2. The van der Waals surface area contributed by atoms with Crippen molar-refractivity contribution in [3.63, 3.8) is 0 Å². The molecule has 2 atom stereocenters. The van der Waals surface area contributed by atoms with Crippen molar-refractivity contribution in [3.05, 3.63) is 53.8 Å². The summed E-state index contributed by atoms with van der Waals surface area (Å²) in [6.45, 7) is 6.37. The molecule has 3 rings (SSSR count). The second-order valence-corrected chi connectivity index (χ2v) is 8.50. The molecule has 1 aliphatic carbocycles. The van der Waals surface area contributed by atoms with Crippen molar-refractivity contribution >= 4 is 29.3 Å². The molecule has 0 saturated carbocycles. The molecule has 2 aliphatic rings. The fourth-order valence-corrected chi connectivity index (χ4v) is 3.95. The van der Waals surface area contributed by atoms with Crippen molar-refractivity contribution in [2.24, 2.45) is 5.41 Å². The number of esters is 2. The van der Waals surface area contributed by atoms with Gasteiger partial charge < -0.3 is 18.9 Å². The van der Waals surface area contributed by atoms with Crippen LogP contribution < -0.4 is 0 Å². The maximum absolute atomic E-state index is 13.8. The number of benzene rings is 1. The largest absolute Gasteiger partial charge is 0.499 e. The van der Waals surface area contributed by atoms with E-state index in [9.17, 15) is 19.2 Å². The van der Waals surface area contributed by atoms with Crippen LogP contribution >= 0.6 is 0 Å². The monoisotopic (exact) mass is 442 g/mol. The van der Waals surface area contributed by atoms with E-state index in [1.807, 2.05) is 0 Å². The van der Waals surface area contributed by atoms with E-state index in [0.717, 1.165) is 12.2 Å². The Morgan fingerprint density at radius 2 is 1.72 bits per heavy atom. The summed E-state index contributed by atoms with van der Waals surface area (Å²) in [5, 5.41) is 0. The van der Waals surface area contributed by atoms with Crippen molar-refractivity contribution < 1.29 is 38.1 Å². The summed E-state index contributed by atoms with van der Waals surface area (Å²) in [5.74, 6) is -3.75. The lowest BCUT2D eigenvalue weighted by atomic mass is 9.60. The Labute approximate surface area is 186 Å². The van der Waals surface area contributed by atoms with Crippen molar-refractivity contribution in [2.75, 3.05) is 13.7 Å². The minimum atomic E-state index is -2.38. The average Bonchev–Trinajstić information content (AvgIpc) is 2.72. The molecule has 0 bridgehead atoms. The smallest absolute Gasteiger partial charge is 0.353 e. The van der Waals surface area contributed by atoms with Crippen LogP contribution in [0.1, 0.15) is 39.7 Å². The van der Waals surface area contributed by atoms with Gasteiger partial charge in [-0.1, -0.05) is 30.3 Å². The third-order valence-electron chi connectivity index (χ3n) is 5.20. The van der Waals surface area contributed by atoms with Gasteiger partial charge in [-0.2, -0.15) is 0 Å². The Balaban J connectivity index is 2.35. The van der Waals surface area contributed by atoms with Gasteiger partial charge in [-0.05, 0) is 27.7 Å². The Bertz CT molecular complexity index is 1010. The molecule has 0 amide bonds. The Morgan fingerprint density at radius 1 is 1.06 bits per heavy atom. The SMILES string of the molecule is CCOC(=O)[C@]12CC(=O)C=C(OC)[C@@]1(C(=O)OC(C)(C)C)C(=O)C=C(c1ccccc1)O2. The van der Waals surface area contributed by atoms with Gasteiger partial charge in [-0.15, -0.1) is 0 Å². The number of allylic oxidation sites excluding steroid dienone is 2. The number of carbonyl (C=O) groups is 4. The van der Waals surface area contributed by atoms with Crippen molar-refractivity contribution in [1.82, 2.24) is 0 Å². The molecule has 1 aromatic rings. The number of carbonyl (C=O) groups excluding carboxylic acids is 4. The van der Waals surface area contributed by atoms with E-state index >= 15 is 0 Å². The van der Waals surface area contributed by atoms with E-state index in [2.05, 4.69) is 0 Å². The highest BCUT2D eigenvalue weighted by atomic mass is 16.6. The third kappa shape index (κ3) is 3.59. The van der Waals surface area contributed by atoms with Crippen LogP contribution in [0.15, 0.2) is 48.2 Å². The molecule has 0 N–H and O–H groups in total. The van der Waals surface area contributed by atoms with Gasteiger partial charge in [0.15, 0.2) is 11.6 Å². The van der Waals surface area contributed by atoms with Gasteiger partial charge >= 0.3 is 11.9 Å². The topological polar surface area (TPSA) is 105 Å². The van der Waals surface area contributed by atoms with E-state index in [4.69, 9.17) is 18.9 Å². The third-order valence-corrected chi connectivity index (χ3v) is 5.20. The van der Waals surface area contributed by atoms with Crippen molar-refractivity contribution in [3.8, 4) is 0 Å². The molecule has 1 aromatic carbocycles. The van der Waals surface area contributed by atoms with Crippen LogP contribution in [0.4, 0.5) is 0 Å². The Hall–Kier alpha value is -3.42. The predicted molar refractivity (Wildman–Crippen MR) is 113 cm³/mol. The average molecular weight is 442 g/mol. The maximum atomic E-state index is 13.8. The van der Waals surface area contributed by atoms with Gasteiger partial charge in [0, 0.05) is 17.7 Å². The van der Waals surface area contributed by atoms with Crippen LogP contribution in [-0.2, 0) is 38.1 Å². The minimum Gasteiger partial charge on any atom is -0.499 e. The number of hydrogen-bond acceptors (Lipinski definition) is 8. The molecule has 170 valence electrons. The first kappa shape index (κ1) is 23.2. The summed E-state index contributed by atoms with van der Waals surface area (Å²) >= 11 is 0. The molecule has 8 heteroatoms. The lowest BCUT2D eigenvalue weighted by Gasteiger charge is -2.49. The number of rotatable bonds is 5. The second-order valence-electron chi connectivity index (χ2n) is 8.50. The molecule has 0 radical (unpaired) electrons. The van der Waals surface area contributed by atoms with Crippen LogP contribution in [0.2, 0.25) is 0 Å². The zero-order valence-corrected chi connectivity index (χ0v) is 18.7. The minimum absolute atomic E-state index is 0.0352. The molecule has 8 nitrogen and oxygen atoms in total. The van der Waals surface area contributed by atoms with Crippen LogP contribution in [0, 0.1) is 5.41 Å². The molecule has 0 unspecified atom stereocenters. The highest BCUT2D eigenvalue weighted by molar-refractivity contribution is 6.22. The van der Waals surface area contributed by atoms with Gasteiger partial charge in [0.25, 0.3) is 0 Å². The highest BCUT2D eigenvalue weighted by Gasteiger charge is 2.76. The highest BCUT2D eigenvalue weighted by Crippen LogP contribution is 2.54. The molecule has 1 heterocycles. The van der Waals surface area contributed by atoms with E-state index in [1.54, 1.807) is 58.0 Å². The lowest BCUT2D eigenvalue weighted by molar-refractivity contribution is -0.204. The molecule has 0 spiro atoms. The molecule has 32 heavy (non-hydrogen) atoms. The first-order chi connectivity index (χ1) is 15.0. The van der Waals surface area contributed by atoms with Crippen LogP contribution in [0.3, 0.4) is 0 Å². The van der Waals surface area contributed by atoms with Crippen molar-refractivity contribution in [2.45, 2.75) is 45.3 Å². The Morgan fingerprint density at radius 3 is 2.28 bits per heavy atom. The summed E-state index contributed by atoms with van der Waals surface area (Å²) < 4.78 is 22.2. The second kappa shape index (κ2) is 8.26. The molecular weight excluding hydrogens is 416 g/mol. The van der Waals surface area contributed by atoms with E-state index in [0.29, 0.717) is 5.56 Å². The molecular formula is C24H26O8. The Kier molecular flexibility index (Phi) is 6.00. The molecule has 0 saturated heterocycles. The summed E-state index contributed by atoms with van der Waals surface area (Å²) in [6, 6.07) is 8.58. The van der Waals surface area contributed by atoms with Crippen LogP contribution in [0.5, 0.6) is 0 Å². The van der Waals surface area contributed by atoms with E-state index in [1.165, 1.54) is 7.11 Å². The number of methoxy groups -OCH3 is 1. The summed E-state index contributed by atoms with van der Waals surface area (Å²) in [5.41, 5.74) is -5.23. The number of hydrogen-bond donors (Lipinski definition) is 0. The van der Waals surface area contributed by atoms with Crippen LogP contribution in [0.25, 0.3) is 5.76 Å². The standard InChI is InChI=1S/C24H26O8/c1-6-30-20(27)23-14-16(25)12-19(29-5)24(23,21(28)32-22(2,3)4)18(26)13-17(31-23)15-10-8-7-9-11-15/h7-13H,6,14H2,1-5H3/t23-,24-/m1/s1. The predicted octanol–water partition coefficient (Wildman–Crippen LogP) is 2.76. The van der Waals surface area contributed by atoms with Gasteiger partial charge in [-0.25, -0.2) is 4.79 Å². The first-order valence-electron chi connectivity index (χ1n) is 10.2. The fourth-order valence-electron chi connectivity index (χ4n) is 3.95. The molecule has 0 fully saturated rings. The summed E-state index contributed by atoms with van der Waals surface area (Å²) in [6.07, 6.45) is 1.55. The summed E-state index contributed by atoms with van der Waals surface area (Å²) in [7, 11) is 1.20. The van der Waals surface area contributed by atoms with E-state index < -0.39 is 46.5 Å². The zero-order chi connectivity index (χ0) is 23.7. The molecule has 1 aliphatic heterocycles. The van der Waals surface area contributed by atoms with Gasteiger partial charge in [0.05, 0.1) is 20.1 Å². The van der Waals surface area contributed by atoms with Gasteiger partial charge in [0.1, 0.15) is 17.1 Å². The van der Waals surface area contributed by atoms with Crippen LogP contribution in [-0.4, -0.2) is 48.4 Å². The van der Waals surface area contributed by atoms with Gasteiger partial charge in [0.2, 0.25) is 11.0 Å². The normalized spacial score (nSPS) is 25.0. The number of ketones is 2. The fraction of sp³-hybridized carbons (Fsp3) is 0.417.